The van der Waals surface area contributed by atoms with Gasteiger partial charge in [-0.2, -0.15) is 0 Å². The van der Waals surface area contributed by atoms with Crippen molar-refractivity contribution >= 4 is 38.9 Å². The Hall–Kier alpha value is -0.260. The molecule has 86 valence electrons. The molecule has 2 aromatic heterocycles. The van der Waals surface area contributed by atoms with Crippen LogP contribution in [0.25, 0.3) is 5.52 Å². The molecule has 0 fully saturated rings. The molecule has 0 aliphatic carbocycles. The van der Waals surface area contributed by atoms with Crippen LogP contribution in [0, 0.1) is 6.92 Å². The summed E-state index contributed by atoms with van der Waals surface area (Å²) in [5, 5.41) is 1.33. The van der Waals surface area contributed by atoms with Gasteiger partial charge in [-0.1, -0.05) is 17.7 Å². The topological polar surface area (TPSA) is 17.3 Å². The van der Waals surface area contributed by atoms with Crippen molar-refractivity contribution in [3.63, 3.8) is 0 Å². The third kappa shape index (κ3) is 2.08. The molecule has 2 heterocycles. The van der Waals surface area contributed by atoms with Gasteiger partial charge in [-0.25, -0.2) is 0 Å². The minimum atomic E-state index is 1.12. The number of hydrogen-bond donors (Lipinski definition) is 0. The molecule has 2 rings (SSSR count). The second kappa shape index (κ2) is 5.38. The fraction of sp³-hybridized carbons (Fsp3) is 0.364. The lowest BCUT2D eigenvalue weighted by Crippen LogP contribution is -1.85. The van der Waals surface area contributed by atoms with Crippen LogP contribution in [-0.4, -0.2) is 21.4 Å². The van der Waals surface area contributed by atoms with Crippen LogP contribution in [0.15, 0.2) is 28.5 Å². The van der Waals surface area contributed by atoms with Crippen LogP contribution < -0.4 is 0 Å². The molecule has 0 unspecified atom stereocenters. The Morgan fingerprint density at radius 3 is 2.94 bits per heavy atom. The van der Waals surface area contributed by atoms with Gasteiger partial charge in [0.2, 0.25) is 0 Å². The zero-order valence-electron chi connectivity index (χ0n) is 9.56. The van der Waals surface area contributed by atoms with Gasteiger partial charge in [0, 0.05) is 23.0 Å². The van der Waals surface area contributed by atoms with E-state index >= 15 is 0 Å². The van der Waals surface area contributed by atoms with E-state index < -0.39 is 0 Å². The molecule has 0 saturated carbocycles. The van der Waals surface area contributed by atoms with E-state index in [1.807, 2.05) is 40.2 Å². The second-order valence-corrected chi connectivity index (χ2v) is 6.67. The summed E-state index contributed by atoms with van der Waals surface area (Å²) in [5.74, 6) is 1.12. The van der Waals surface area contributed by atoms with Crippen molar-refractivity contribution in [1.29, 1.82) is 0 Å². The molecule has 0 aliphatic heterocycles. The normalized spacial score (nSPS) is 11.2. The average molecular weight is 270 g/mol. The molecule has 0 bridgehead atoms. The van der Waals surface area contributed by atoms with Gasteiger partial charge in [0.15, 0.2) is 0 Å². The van der Waals surface area contributed by atoms with Crippen molar-refractivity contribution in [2.24, 2.45) is 0 Å². The Morgan fingerprint density at radius 1 is 1.44 bits per heavy atom. The van der Waals surface area contributed by atoms with E-state index in [1.165, 1.54) is 21.0 Å². The van der Waals surface area contributed by atoms with E-state index in [1.54, 1.807) is 11.8 Å². The molecule has 0 atom stereocenters. The maximum absolute atomic E-state index is 4.21. The highest BCUT2D eigenvalue weighted by Gasteiger charge is 2.14. The minimum Gasteiger partial charge on any atom is -0.307 e. The molecule has 0 aliphatic rings. The van der Waals surface area contributed by atoms with E-state index in [4.69, 9.17) is 0 Å². The number of rotatable bonds is 4. The third-order valence-electron chi connectivity index (χ3n) is 2.33. The van der Waals surface area contributed by atoms with Gasteiger partial charge in [0.1, 0.15) is 0 Å². The van der Waals surface area contributed by atoms with Crippen LogP contribution in [-0.2, 0) is 0 Å². The van der Waals surface area contributed by atoms with Gasteiger partial charge < -0.3 is 4.40 Å². The first kappa shape index (κ1) is 12.2. The standard InChI is InChI=1S/C11H14N2S3/c1-4-15-16-11-8(2)10(14-3)9-7-12-5-6-13(9)11/h5-7H,4H2,1-3H3. The Labute approximate surface area is 108 Å². The van der Waals surface area contributed by atoms with Gasteiger partial charge in [-0.15, -0.1) is 11.8 Å². The second-order valence-electron chi connectivity index (χ2n) is 3.28. The Bertz CT molecular complexity index is 493. The summed E-state index contributed by atoms with van der Waals surface area (Å²) >= 11 is 1.80. The minimum absolute atomic E-state index is 1.12. The molecule has 0 aromatic carbocycles. The first-order valence-electron chi connectivity index (χ1n) is 5.07. The Kier molecular flexibility index (Phi) is 4.10. The van der Waals surface area contributed by atoms with E-state index in [9.17, 15) is 0 Å². The molecule has 0 amide bonds. The highest BCUT2D eigenvalue weighted by Crippen LogP contribution is 2.40. The van der Waals surface area contributed by atoms with E-state index in [-0.39, 0.29) is 0 Å². The summed E-state index contributed by atoms with van der Waals surface area (Å²) in [5.41, 5.74) is 2.58. The summed E-state index contributed by atoms with van der Waals surface area (Å²) in [7, 11) is 3.73. The fourth-order valence-corrected chi connectivity index (χ4v) is 4.48. The summed E-state index contributed by atoms with van der Waals surface area (Å²) in [6.45, 7) is 4.37. The number of aromatic nitrogens is 2. The lowest BCUT2D eigenvalue weighted by Gasteiger charge is -2.01. The first-order valence-corrected chi connectivity index (χ1v) is 8.62. The van der Waals surface area contributed by atoms with Crippen molar-refractivity contribution in [3.05, 3.63) is 24.2 Å². The zero-order valence-corrected chi connectivity index (χ0v) is 12.0. The van der Waals surface area contributed by atoms with Crippen molar-refractivity contribution in [1.82, 2.24) is 9.38 Å². The van der Waals surface area contributed by atoms with Crippen molar-refractivity contribution in [2.45, 2.75) is 23.8 Å². The van der Waals surface area contributed by atoms with Gasteiger partial charge in [-0.05, 0) is 29.5 Å². The number of fused-ring (bicyclic) bond motifs is 1. The van der Waals surface area contributed by atoms with Crippen molar-refractivity contribution < 1.29 is 0 Å². The molecule has 16 heavy (non-hydrogen) atoms. The van der Waals surface area contributed by atoms with Gasteiger partial charge in [-0.3, -0.25) is 4.98 Å². The lowest BCUT2D eigenvalue weighted by atomic mass is 10.4. The third-order valence-corrected chi connectivity index (χ3v) is 5.80. The molecule has 2 aromatic rings. The number of nitrogens with zero attached hydrogens (tertiary/aromatic N) is 2. The van der Waals surface area contributed by atoms with Gasteiger partial charge in [0.25, 0.3) is 0 Å². The molecule has 0 spiro atoms. The Morgan fingerprint density at radius 2 is 2.25 bits per heavy atom. The molecular formula is C11H14N2S3. The lowest BCUT2D eigenvalue weighted by molar-refractivity contribution is 1.01. The smallest absolute Gasteiger partial charge is 0.0943 e. The number of thioether (sulfide) groups is 1. The quantitative estimate of drug-likeness (QED) is 0.613. The van der Waals surface area contributed by atoms with E-state index in [2.05, 4.69) is 29.5 Å². The van der Waals surface area contributed by atoms with Crippen LogP contribution in [0.1, 0.15) is 12.5 Å². The molecule has 0 radical (unpaired) electrons. The molecule has 5 heteroatoms. The SMILES string of the molecule is CCSSc1c(C)c(SC)c2cnccn12. The van der Waals surface area contributed by atoms with Crippen LogP contribution in [0.3, 0.4) is 0 Å². The van der Waals surface area contributed by atoms with E-state index in [0.717, 1.165) is 5.75 Å². The average Bonchev–Trinajstić information content (AvgIpc) is 2.58. The predicted molar refractivity (Wildman–Crippen MR) is 75.7 cm³/mol. The zero-order chi connectivity index (χ0) is 11.5. The van der Waals surface area contributed by atoms with Gasteiger partial charge >= 0.3 is 0 Å². The largest absolute Gasteiger partial charge is 0.307 e. The maximum Gasteiger partial charge on any atom is 0.0943 e. The monoisotopic (exact) mass is 270 g/mol. The molecule has 0 N–H and O–H groups in total. The maximum atomic E-state index is 4.21. The van der Waals surface area contributed by atoms with Crippen molar-refractivity contribution in [2.75, 3.05) is 12.0 Å². The number of hydrogen-bond acceptors (Lipinski definition) is 4. The van der Waals surface area contributed by atoms with Gasteiger partial charge in [0.05, 0.1) is 16.7 Å². The molecule has 2 nitrogen and oxygen atoms in total. The summed E-state index contributed by atoms with van der Waals surface area (Å²) in [4.78, 5) is 5.55. The van der Waals surface area contributed by atoms with E-state index in [0.29, 0.717) is 0 Å². The molecule has 0 saturated heterocycles. The van der Waals surface area contributed by atoms with Crippen LogP contribution in [0.4, 0.5) is 0 Å². The summed E-state index contributed by atoms with van der Waals surface area (Å²) in [6, 6.07) is 0. The highest BCUT2D eigenvalue weighted by molar-refractivity contribution is 8.76. The first-order chi connectivity index (χ1) is 7.79. The predicted octanol–water partition coefficient (Wildman–Crippen LogP) is 4.12. The van der Waals surface area contributed by atoms with Crippen LogP contribution >= 0.6 is 33.3 Å². The van der Waals surface area contributed by atoms with Crippen LogP contribution in [0.2, 0.25) is 0 Å². The van der Waals surface area contributed by atoms with Crippen LogP contribution in [0.5, 0.6) is 0 Å². The molecular weight excluding hydrogens is 256 g/mol. The summed E-state index contributed by atoms with van der Waals surface area (Å²) in [6.07, 6.45) is 7.95. The Balaban J connectivity index is 2.58. The highest BCUT2D eigenvalue weighted by atomic mass is 33.1. The van der Waals surface area contributed by atoms with Crippen molar-refractivity contribution in [3.8, 4) is 0 Å². The fourth-order valence-electron chi connectivity index (χ4n) is 1.65. The summed E-state index contributed by atoms with van der Waals surface area (Å²) < 4.78 is 2.24.